The Labute approximate surface area is 126 Å². The highest BCUT2D eigenvalue weighted by Crippen LogP contribution is 2.20. The van der Waals surface area contributed by atoms with Gasteiger partial charge in [-0.05, 0) is 37.5 Å². The van der Waals surface area contributed by atoms with Crippen LogP contribution in [0.15, 0.2) is 24.3 Å². The third-order valence-electron chi connectivity index (χ3n) is 3.45. The van der Waals surface area contributed by atoms with Crippen molar-refractivity contribution in [3.8, 4) is 5.75 Å². The minimum atomic E-state index is -0.399. The van der Waals surface area contributed by atoms with Gasteiger partial charge in [0, 0.05) is 13.6 Å². The molecule has 118 valence electrons. The number of aliphatic hydroxyl groups excluding tert-OH is 1. The van der Waals surface area contributed by atoms with Crippen LogP contribution in [0.4, 0.5) is 4.79 Å². The summed E-state index contributed by atoms with van der Waals surface area (Å²) in [5.74, 6) is 0.800. The maximum atomic E-state index is 12.1. The van der Waals surface area contributed by atoms with Crippen LogP contribution < -0.4 is 10.1 Å². The van der Waals surface area contributed by atoms with Gasteiger partial charge < -0.3 is 20.1 Å². The zero-order valence-corrected chi connectivity index (χ0v) is 13.3. The fraction of sp³-hybridized carbons (Fsp3) is 0.562. The van der Waals surface area contributed by atoms with Gasteiger partial charge in [0.2, 0.25) is 0 Å². The molecule has 5 nitrogen and oxygen atoms in total. The highest BCUT2D eigenvalue weighted by atomic mass is 16.5. The molecule has 0 bridgehead atoms. The molecule has 0 saturated carbocycles. The lowest BCUT2D eigenvalue weighted by molar-refractivity contribution is 0.162. The molecule has 2 unspecified atom stereocenters. The molecular formula is C16H26N2O3. The number of amides is 2. The van der Waals surface area contributed by atoms with E-state index in [0.29, 0.717) is 13.0 Å². The van der Waals surface area contributed by atoms with Crippen LogP contribution in [-0.2, 0) is 0 Å². The number of benzene rings is 1. The predicted molar refractivity (Wildman–Crippen MR) is 83.5 cm³/mol. The number of aliphatic hydroxyl groups is 1. The Morgan fingerprint density at radius 1 is 1.38 bits per heavy atom. The summed E-state index contributed by atoms with van der Waals surface area (Å²) in [5, 5.41) is 12.3. The summed E-state index contributed by atoms with van der Waals surface area (Å²) in [6.07, 6.45) is 0.981. The van der Waals surface area contributed by atoms with E-state index in [-0.39, 0.29) is 12.1 Å². The molecule has 0 aliphatic heterocycles. The van der Waals surface area contributed by atoms with Crippen LogP contribution in [0.1, 0.15) is 38.3 Å². The van der Waals surface area contributed by atoms with Crippen molar-refractivity contribution in [2.45, 2.75) is 38.8 Å². The first-order chi connectivity index (χ1) is 9.97. The van der Waals surface area contributed by atoms with Crippen molar-refractivity contribution in [2.75, 3.05) is 20.7 Å². The van der Waals surface area contributed by atoms with Crippen molar-refractivity contribution in [3.05, 3.63) is 29.8 Å². The Morgan fingerprint density at radius 3 is 2.48 bits per heavy atom. The summed E-state index contributed by atoms with van der Waals surface area (Å²) in [6, 6.07) is 7.55. The summed E-state index contributed by atoms with van der Waals surface area (Å²) in [4.78, 5) is 13.7. The second-order valence-corrected chi connectivity index (χ2v) is 5.24. The molecule has 21 heavy (non-hydrogen) atoms. The lowest BCUT2D eigenvalue weighted by atomic mass is 10.0. The molecule has 0 fully saturated rings. The lowest BCUT2D eigenvalue weighted by Gasteiger charge is -2.23. The lowest BCUT2D eigenvalue weighted by Crippen LogP contribution is -2.40. The van der Waals surface area contributed by atoms with Crippen molar-refractivity contribution in [1.82, 2.24) is 10.2 Å². The van der Waals surface area contributed by atoms with Crippen LogP contribution in [0.2, 0.25) is 0 Å². The third kappa shape index (κ3) is 5.63. The molecule has 0 aliphatic carbocycles. The summed E-state index contributed by atoms with van der Waals surface area (Å²) in [7, 11) is 3.36. The second kappa shape index (κ2) is 8.52. The molecular weight excluding hydrogens is 268 g/mol. The Kier molecular flexibility index (Phi) is 7.02. The SMILES string of the molecule is CCC(NC(=O)N(C)CCC(C)O)c1ccc(OC)cc1. The monoisotopic (exact) mass is 294 g/mol. The van der Waals surface area contributed by atoms with Crippen LogP contribution in [0.3, 0.4) is 0 Å². The summed E-state index contributed by atoms with van der Waals surface area (Å²) in [6.45, 7) is 4.28. The van der Waals surface area contributed by atoms with Crippen molar-refractivity contribution in [3.63, 3.8) is 0 Å². The smallest absolute Gasteiger partial charge is 0.317 e. The summed E-state index contributed by atoms with van der Waals surface area (Å²) >= 11 is 0. The van der Waals surface area contributed by atoms with E-state index in [2.05, 4.69) is 5.32 Å². The van der Waals surface area contributed by atoms with Crippen molar-refractivity contribution in [2.24, 2.45) is 0 Å². The number of carbonyl (C=O) groups is 1. The fourth-order valence-electron chi connectivity index (χ4n) is 2.00. The minimum absolute atomic E-state index is 0.0302. The molecule has 1 aromatic carbocycles. The average Bonchev–Trinajstić information content (AvgIpc) is 2.50. The Bertz CT molecular complexity index is 432. The molecule has 0 aliphatic rings. The number of nitrogens with one attached hydrogen (secondary N) is 1. The second-order valence-electron chi connectivity index (χ2n) is 5.24. The molecule has 1 rings (SSSR count). The summed E-state index contributed by atoms with van der Waals surface area (Å²) in [5.41, 5.74) is 1.05. The van der Waals surface area contributed by atoms with Gasteiger partial charge in [-0.2, -0.15) is 0 Å². The first-order valence-corrected chi connectivity index (χ1v) is 7.31. The maximum Gasteiger partial charge on any atom is 0.317 e. The maximum absolute atomic E-state index is 12.1. The molecule has 2 amide bonds. The van der Waals surface area contributed by atoms with Gasteiger partial charge in [0.15, 0.2) is 0 Å². The number of urea groups is 1. The van der Waals surface area contributed by atoms with Crippen molar-refractivity contribution >= 4 is 6.03 Å². The van der Waals surface area contributed by atoms with Gasteiger partial charge in [0.05, 0.1) is 19.3 Å². The van der Waals surface area contributed by atoms with Crippen LogP contribution in [0, 0.1) is 0 Å². The van der Waals surface area contributed by atoms with Gasteiger partial charge in [-0.3, -0.25) is 0 Å². The molecule has 2 atom stereocenters. The normalized spacial score (nSPS) is 13.4. The molecule has 0 spiro atoms. The van der Waals surface area contributed by atoms with Gasteiger partial charge in [-0.15, -0.1) is 0 Å². The first kappa shape index (κ1) is 17.3. The molecule has 5 heteroatoms. The van der Waals surface area contributed by atoms with Gasteiger partial charge in [0.1, 0.15) is 5.75 Å². The van der Waals surface area contributed by atoms with Crippen molar-refractivity contribution < 1.29 is 14.6 Å². The molecule has 0 saturated heterocycles. The predicted octanol–water partition coefficient (Wildman–Crippen LogP) is 2.56. The van der Waals surface area contributed by atoms with Gasteiger partial charge >= 0.3 is 6.03 Å². The largest absolute Gasteiger partial charge is 0.497 e. The Balaban J connectivity index is 2.61. The number of methoxy groups -OCH3 is 1. The molecule has 0 heterocycles. The number of nitrogens with zero attached hydrogens (tertiary/aromatic N) is 1. The quantitative estimate of drug-likeness (QED) is 0.812. The topological polar surface area (TPSA) is 61.8 Å². The molecule has 2 N–H and O–H groups in total. The van der Waals surface area contributed by atoms with Crippen LogP contribution >= 0.6 is 0 Å². The van der Waals surface area contributed by atoms with E-state index >= 15 is 0 Å². The van der Waals surface area contributed by atoms with Crippen molar-refractivity contribution in [1.29, 1.82) is 0 Å². The number of hydrogen-bond donors (Lipinski definition) is 2. The highest BCUT2D eigenvalue weighted by Gasteiger charge is 2.16. The van der Waals surface area contributed by atoms with E-state index in [9.17, 15) is 9.90 Å². The van der Waals surface area contributed by atoms with E-state index in [1.807, 2.05) is 31.2 Å². The number of hydrogen-bond acceptors (Lipinski definition) is 3. The standard InChI is InChI=1S/C16H26N2O3/c1-5-15(13-6-8-14(21-4)9-7-13)17-16(20)18(3)11-10-12(2)19/h6-9,12,15,19H,5,10-11H2,1-4H3,(H,17,20). The third-order valence-corrected chi connectivity index (χ3v) is 3.45. The van der Waals surface area contributed by atoms with E-state index in [1.54, 1.807) is 26.0 Å². The average molecular weight is 294 g/mol. The van der Waals surface area contributed by atoms with Gasteiger partial charge in [-0.1, -0.05) is 19.1 Å². The zero-order valence-electron chi connectivity index (χ0n) is 13.3. The zero-order chi connectivity index (χ0) is 15.8. The number of ether oxygens (including phenoxy) is 1. The van der Waals surface area contributed by atoms with E-state index in [0.717, 1.165) is 17.7 Å². The van der Waals surface area contributed by atoms with Gasteiger partial charge in [-0.25, -0.2) is 4.79 Å². The first-order valence-electron chi connectivity index (χ1n) is 7.31. The van der Waals surface area contributed by atoms with Gasteiger partial charge in [0.25, 0.3) is 0 Å². The fourth-order valence-corrected chi connectivity index (χ4v) is 2.00. The summed E-state index contributed by atoms with van der Waals surface area (Å²) < 4.78 is 5.14. The molecule has 0 aromatic heterocycles. The van der Waals surface area contributed by atoms with E-state index in [1.165, 1.54) is 0 Å². The molecule has 0 radical (unpaired) electrons. The van der Waals surface area contributed by atoms with E-state index < -0.39 is 6.10 Å². The van der Waals surface area contributed by atoms with Crippen LogP contribution in [-0.4, -0.2) is 42.8 Å². The molecule has 1 aromatic rings. The van der Waals surface area contributed by atoms with E-state index in [4.69, 9.17) is 4.74 Å². The number of carbonyl (C=O) groups excluding carboxylic acids is 1. The minimum Gasteiger partial charge on any atom is -0.497 e. The highest BCUT2D eigenvalue weighted by molar-refractivity contribution is 5.74. The Hall–Kier alpha value is -1.75. The van der Waals surface area contributed by atoms with Crippen LogP contribution in [0.5, 0.6) is 5.75 Å². The Morgan fingerprint density at radius 2 is 2.00 bits per heavy atom. The van der Waals surface area contributed by atoms with Crippen LogP contribution in [0.25, 0.3) is 0 Å². The number of rotatable bonds is 7.